The topological polar surface area (TPSA) is 55.1 Å². The molecule has 3 nitrogen and oxygen atoms in total. The lowest BCUT2D eigenvalue weighted by atomic mass is 10.1. The summed E-state index contributed by atoms with van der Waals surface area (Å²) in [6, 6.07) is 0. The molecular formula is C30H60N2O. The van der Waals surface area contributed by atoms with Gasteiger partial charge < -0.3 is 11.1 Å². The first-order chi connectivity index (χ1) is 16.0. The Hall–Kier alpha value is -1.09. The van der Waals surface area contributed by atoms with Gasteiger partial charge in [0.25, 0.3) is 0 Å². The number of carbonyl (C=O) groups excluding carboxylic acids is 1. The van der Waals surface area contributed by atoms with E-state index in [9.17, 15) is 4.79 Å². The molecule has 3 N–H and O–H groups in total. The summed E-state index contributed by atoms with van der Waals surface area (Å²) in [4.78, 5) is 10.6. The summed E-state index contributed by atoms with van der Waals surface area (Å²) in [5.74, 6) is -0.156. The SMILES string of the molecule is CCCCCCCC/C=C\CCCCCCCCCCCC(N)=O.CCCNCC=C(C)C. The Morgan fingerprint density at radius 2 is 1.12 bits per heavy atom. The molecule has 0 heterocycles. The molecule has 0 rings (SSSR count). The van der Waals surface area contributed by atoms with Crippen molar-refractivity contribution < 1.29 is 4.79 Å². The number of carbonyl (C=O) groups is 1. The van der Waals surface area contributed by atoms with Crippen LogP contribution in [0.5, 0.6) is 0 Å². The van der Waals surface area contributed by atoms with Crippen molar-refractivity contribution in [2.24, 2.45) is 5.73 Å². The largest absolute Gasteiger partial charge is 0.370 e. The van der Waals surface area contributed by atoms with Gasteiger partial charge in [-0.15, -0.1) is 0 Å². The Morgan fingerprint density at radius 1 is 0.667 bits per heavy atom. The van der Waals surface area contributed by atoms with Crippen LogP contribution in [0.15, 0.2) is 23.8 Å². The first-order valence-electron chi connectivity index (χ1n) is 14.3. The highest BCUT2D eigenvalue weighted by atomic mass is 16.1. The molecule has 0 aromatic rings. The van der Waals surface area contributed by atoms with Crippen molar-refractivity contribution in [1.82, 2.24) is 5.32 Å². The van der Waals surface area contributed by atoms with E-state index < -0.39 is 0 Å². The third kappa shape index (κ3) is 38.5. The molecule has 0 saturated heterocycles. The van der Waals surface area contributed by atoms with E-state index in [4.69, 9.17) is 5.73 Å². The third-order valence-corrected chi connectivity index (χ3v) is 5.77. The van der Waals surface area contributed by atoms with Gasteiger partial charge in [0.05, 0.1) is 0 Å². The second-order valence-electron chi connectivity index (χ2n) is 9.70. The van der Waals surface area contributed by atoms with E-state index in [2.05, 4.69) is 51.2 Å². The molecule has 0 saturated carbocycles. The van der Waals surface area contributed by atoms with Crippen LogP contribution >= 0.6 is 0 Å². The van der Waals surface area contributed by atoms with Crippen LogP contribution in [0.25, 0.3) is 0 Å². The van der Waals surface area contributed by atoms with Crippen LogP contribution in [-0.2, 0) is 4.79 Å². The molecule has 0 aliphatic carbocycles. The average Bonchev–Trinajstić information content (AvgIpc) is 2.78. The molecule has 0 fully saturated rings. The van der Waals surface area contributed by atoms with Gasteiger partial charge in [-0.05, 0) is 58.9 Å². The van der Waals surface area contributed by atoms with Crippen LogP contribution in [0.1, 0.15) is 150 Å². The number of unbranched alkanes of at least 4 members (excludes halogenated alkanes) is 15. The van der Waals surface area contributed by atoms with Gasteiger partial charge in [-0.3, -0.25) is 4.79 Å². The molecular weight excluding hydrogens is 404 g/mol. The molecule has 0 unspecified atom stereocenters. The van der Waals surface area contributed by atoms with Gasteiger partial charge in [-0.1, -0.05) is 115 Å². The van der Waals surface area contributed by atoms with Crippen molar-refractivity contribution in [2.45, 2.75) is 150 Å². The number of nitrogens with one attached hydrogen (secondary N) is 1. The van der Waals surface area contributed by atoms with Crippen molar-refractivity contribution in [1.29, 1.82) is 0 Å². The highest BCUT2D eigenvalue weighted by Crippen LogP contribution is 2.12. The van der Waals surface area contributed by atoms with Crippen LogP contribution in [0.2, 0.25) is 0 Å². The van der Waals surface area contributed by atoms with Crippen LogP contribution in [0, 0.1) is 0 Å². The van der Waals surface area contributed by atoms with Crippen LogP contribution < -0.4 is 11.1 Å². The van der Waals surface area contributed by atoms with Crippen LogP contribution in [-0.4, -0.2) is 19.0 Å². The van der Waals surface area contributed by atoms with E-state index in [0.717, 1.165) is 25.9 Å². The average molecular weight is 465 g/mol. The van der Waals surface area contributed by atoms with Gasteiger partial charge >= 0.3 is 0 Å². The maximum atomic E-state index is 10.6. The van der Waals surface area contributed by atoms with E-state index in [0.29, 0.717) is 6.42 Å². The van der Waals surface area contributed by atoms with Crippen molar-refractivity contribution >= 4 is 5.91 Å². The smallest absolute Gasteiger partial charge is 0.217 e. The number of hydrogen-bond donors (Lipinski definition) is 2. The molecule has 0 bridgehead atoms. The van der Waals surface area contributed by atoms with Crippen molar-refractivity contribution in [2.75, 3.05) is 13.1 Å². The fraction of sp³-hybridized carbons (Fsp3) is 0.833. The summed E-state index contributed by atoms with van der Waals surface area (Å²) in [6.07, 6.45) is 31.2. The zero-order chi connectivity index (χ0) is 24.8. The van der Waals surface area contributed by atoms with Gasteiger partial charge in [-0.25, -0.2) is 0 Å². The maximum Gasteiger partial charge on any atom is 0.217 e. The first kappa shape index (κ1) is 34.1. The number of nitrogens with two attached hydrogens (primary N) is 1. The molecule has 33 heavy (non-hydrogen) atoms. The lowest BCUT2D eigenvalue weighted by Crippen LogP contribution is -2.13. The van der Waals surface area contributed by atoms with Gasteiger partial charge in [0.15, 0.2) is 0 Å². The standard InChI is InChI=1S/C22H43NO.C8H17N/c1-2-3-4-5-6-7-8-9-10-11-12-13-14-15-16-17-18-19-20-21-22(23)24;1-4-6-9-7-5-8(2)3/h9-10H,2-8,11-21H2,1H3,(H2,23,24);5,9H,4,6-7H2,1-3H3/b10-9-;. The van der Waals surface area contributed by atoms with Gasteiger partial charge in [-0.2, -0.15) is 0 Å². The quantitative estimate of drug-likeness (QED) is 0.117. The molecule has 0 aromatic carbocycles. The first-order valence-corrected chi connectivity index (χ1v) is 14.3. The fourth-order valence-electron chi connectivity index (χ4n) is 3.63. The summed E-state index contributed by atoms with van der Waals surface area (Å²) < 4.78 is 0. The minimum atomic E-state index is -0.156. The van der Waals surface area contributed by atoms with Crippen LogP contribution in [0.3, 0.4) is 0 Å². The maximum absolute atomic E-state index is 10.6. The predicted octanol–water partition coefficient (Wildman–Crippen LogP) is 9.02. The fourth-order valence-corrected chi connectivity index (χ4v) is 3.63. The molecule has 0 aliphatic heterocycles. The minimum Gasteiger partial charge on any atom is -0.370 e. The van der Waals surface area contributed by atoms with Crippen molar-refractivity contribution in [3.05, 3.63) is 23.8 Å². The number of primary amides is 1. The second kappa shape index (κ2) is 30.9. The monoisotopic (exact) mass is 464 g/mol. The highest BCUT2D eigenvalue weighted by molar-refractivity contribution is 5.73. The van der Waals surface area contributed by atoms with Crippen molar-refractivity contribution in [3.8, 4) is 0 Å². The summed E-state index contributed by atoms with van der Waals surface area (Å²) >= 11 is 0. The minimum absolute atomic E-state index is 0.156. The van der Waals surface area contributed by atoms with Crippen molar-refractivity contribution in [3.63, 3.8) is 0 Å². The molecule has 0 radical (unpaired) electrons. The summed E-state index contributed by atoms with van der Waals surface area (Å²) in [6.45, 7) is 10.8. The molecule has 0 atom stereocenters. The third-order valence-electron chi connectivity index (χ3n) is 5.77. The molecule has 196 valence electrons. The van der Waals surface area contributed by atoms with E-state index >= 15 is 0 Å². The number of amides is 1. The lowest BCUT2D eigenvalue weighted by molar-refractivity contribution is -0.118. The Labute approximate surface area is 208 Å². The number of hydrogen-bond acceptors (Lipinski definition) is 2. The molecule has 0 spiro atoms. The molecule has 3 heteroatoms. The van der Waals surface area contributed by atoms with Gasteiger partial charge in [0.1, 0.15) is 0 Å². The van der Waals surface area contributed by atoms with Gasteiger partial charge in [0.2, 0.25) is 5.91 Å². The Bertz CT molecular complexity index is 439. The van der Waals surface area contributed by atoms with Gasteiger partial charge in [0, 0.05) is 13.0 Å². The second-order valence-corrected chi connectivity index (χ2v) is 9.70. The van der Waals surface area contributed by atoms with E-state index in [1.807, 2.05) is 0 Å². The highest BCUT2D eigenvalue weighted by Gasteiger charge is 1.95. The summed E-state index contributed by atoms with van der Waals surface area (Å²) in [5.41, 5.74) is 6.51. The molecule has 0 aliphatic rings. The normalized spacial score (nSPS) is 10.8. The Morgan fingerprint density at radius 3 is 1.55 bits per heavy atom. The predicted molar refractivity (Wildman–Crippen MR) is 150 cm³/mol. The van der Waals surface area contributed by atoms with E-state index in [1.165, 1.54) is 108 Å². The molecule has 1 amide bonds. The Kier molecular flexibility index (Phi) is 31.9. The summed E-state index contributed by atoms with van der Waals surface area (Å²) in [5, 5.41) is 3.29. The van der Waals surface area contributed by atoms with E-state index in [-0.39, 0.29) is 5.91 Å². The number of rotatable bonds is 23. The Balaban J connectivity index is 0. The summed E-state index contributed by atoms with van der Waals surface area (Å²) in [7, 11) is 0. The number of allylic oxidation sites excluding steroid dienone is 3. The van der Waals surface area contributed by atoms with Crippen LogP contribution in [0.4, 0.5) is 0 Å². The zero-order valence-electron chi connectivity index (χ0n) is 23.1. The lowest BCUT2D eigenvalue weighted by Gasteiger charge is -2.01. The zero-order valence-corrected chi connectivity index (χ0v) is 23.1. The van der Waals surface area contributed by atoms with E-state index in [1.54, 1.807) is 0 Å². The molecule has 0 aromatic heterocycles.